The zero-order valence-corrected chi connectivity index (χ0v) is 18.1. The number of nitrogens with zero attached hydrogens (tertiary/aromatic N) is 1. The summed E-state index contributed by atoms with van der Waals surface area (Å²) in [4.78, 5) is 27.1. The zero-order chi connectivity index (χ0) is 20.7. The van der Waals surface area contributed by atoms with Crippen LogP contribution in [-0.2, 0) is 22.6 Å². The second-order valence-electron chi connectivity index (χ2n) is 6.54. The Hall–Kier alpha value is -1.75. The average Bonchev–Trinajstić information content (AvgIpc) is 2.68. The molecule has 2 amide bonds. The molecule has 0 aliphatic rings. The monoisotopic (exact) mass is 440 g/mol. The first-order chi connectivity index (χ1) is 13.3. The molecule has 0 bridgehead atoms. The van der Waals surface area contributed by atoms with E-state index in [1.54, 1.807) is 54.3 Å². The van der Waals surface area contributed by atoms with Crippen LogP contribution in [0.3, 0.4) is 0 Å². The third kappa shape index (κ3) is 6.40. The van der Waals surface area contributed by atoms with Crippen molar-refractivity contribution in [1.29, 1.82) is 0 Å². The number of amides is 2. The zero-order valence-electron chi connectivity index (χ0n) is 15.8. The lowest BCUT2D eigenvalue weighted by Crippen LogP contribution is -2.48. The highest BCUT2D eigenvalue weighted by Crippen LogP contribution is 2.24. The van der Waals surface area contributed by atoms with E-state index in [0.717, 1.165) is 17.5 Å². The van der Waals surface area contributed by atoms with Gasteiger partial charge in [-0.05, 0) is 48.7 Å². The minimum Gasteiger partial charge on any atom is -0.354 e. The average molecular weight is 442 g/mol. The van der Waals surface area contributed by atoms with Crippen LogP contribution >= 0.6 is 34.8 Å². The minimum atomic E-state index is -0.624. The Labute approximate surface area is 180 Å². The van der Waals surface area contributed by atoms with Crippen molar-refractivity contribution in [2.24, 2.45) is 0 Å². The smallest absolute Gasteiger partial charge is 0.242 e. The Morgan fingerprint density at radius 2 is 1.64 bits per heavy atom. The van der Waals surface area contributed by atoms with Crippen molar-refractivity contribution in [2.75, 3.05) is 6.54 Å². The van der Waals surface area contributed by atoms with Gasteiger partial charge in [-0.3, -0.25) is 9.59 Å². The molecule has 2 rings (SSSR count). The molecule has 1 atom stereocenters. The molecule has 0 unspecified atom stereocenters. The number of halogens is 3. The third-order valence-corrected chi connectivity index (χ3v) is 5.31. The summed E-state index contributed by atoms with van der Waals surface area (Å²) < 4.78 is 0. The molecular formula is C21H23Cl3N2O2. The first kappa shape index (κ1) is 22.5. The van der Waals surface area contributed by atoms with Gasteiger partial charge in [-0.25, -0.2) is 0 Å². The molecular weight excluding hydrogens is 419 g/mol. The molecule has 2 aromatic carbocycles. The number of rotatable bonds is 8. The second-order valence-corrected chi connectivity index (χ2v) is 7.79. The standard InChI is InChI=1S/C21H23Cl3N2O2/c1-3-10-25-21(28)14(2)26(13-16-6-9-18(23)19(24)11-16)20(27)12-15-4-7-17(22)8-5-15/h4-9,11,14H,3,10,12-13H2,1-2H3,(H,25,28)/t14-/m0/s1. The molecule has 0 heterocycles. The summed E-state index contributed by atoms with van der Waals surface area (Å²) >= 11 is 18.0. The number of hydrogen-bond donors (Lipinski definition) is 1. The minimum absolute atomic E-state index is 0.160. The summed E-state index contributed by atoms with van der Waals surface area (Å²) in [6, 6.07) is 11.7. The van der Waals surface area contributed by atoms with E-state index < -0.39 is 6.04 Å². The van der Waals surface area contributed by atoms with Crippen LogP contribution in [0.1, 0.15) is 31.4 Å². The molecule has 4 nitrogen and oxygen atoms in total. The molecule has 0 saturated heterocycles. The van der Waals surface area contributed by atoms with Gasteiger partial charge in [0.2, 0.25) is 11.8 Å². The van der Waals surface area contributed by atoms with Crippen LogP contribution in [0, 0.1) is 0 Å². The van der Waals surface area contributed by atoms with E-state index in [-0.39, 0.29) is 24.8 Å². The number of hydrogen-bond acceptors (Lipinski definition) is 2. The number of nitrogens with one attached hydrogen (secondary N) is 1. The lowest BCUT2D eigenvalue weighted by atomic mass is 10.1. The maximum Gasteiger partial charge on any atom is 0.242 e. The van der Waals surface area contributed by atoms with Crippen molar-refractivity contribution < 1.29 is 9.59 Å². The molecule has 0 fully saturated rings. The van der Waals surface area contributed by atoms with E-state index >= 15 is 0 Å². The van der Waals surface area contributed by atoms with Gasteiger partial charge in [-0.1, -0.05) is 59.9 Å². The SMILES string of the molecule is CCCNC(=O)[C@H](C)N(Cc1ccc(Cl)c(Cl)c1)C(=O)Cc1ccc(Cl)cc1. The Kier molecular flexibility index (Phi) is 8.61. The van der Waals surface area contributed by atoms with Gasteiger partial charge in [-0.15, -0.1) is 0 Å². The van der Waals surface area contributed by atoms with Crippen molar-refractivity contribution in [1.82, 2.24) is 10.2 Å². The fourth-order valence-corrected chi connectivity index (χ4v) is 3.14. The van der Waals surface area contributed by atoms with E-state index in [0.29, 0.717) is 21.6 Å². The van der Waals surface area contributed by atoms with Gasteiger partial charge in [0.05, 0.1) is 16.5 Å². The van der Waals surface area contributed by atoms with Crippen molar-refractivity contribution >= 4 is 46.6 Å². The molecule has 0 radical (unpaired) electrons. The Balaban J connectivity index is 2.22. The van der Waals surface area contributed by atoms with Crippen molar-refractivity contribution in [3.63, 3.8) is 0 Å². The molecule has 0 saturated carbocycles. The highest BCUT2D eigenvalue weighted by molar-refractivity contribution is 6.42. The number of carbonyl (C=O) groups excluding carboxylic acids is 2. The summed E-state index contributed by atoms with van der Waals surface area (Å²) in [6.45, 7) is 4.52. The van der Waals surface area contributed by atoms with Crippen LogP contribution in [0.15, 0.2) is 42.5 Å². The Morgan fingerprint density at radius 3 is 2.25 bits per heavy atom. The molecule has 0 aromatic heterocycles. The molecule has 7 heteroatoms. The lowest BCUT2D eigenvalue weighted by Gasteiger charge is -2.29. The van der Waals surface area contributed by atoms with Gasteiger partial charge in [0.1, 0.15) is 6.04 Å². The molecule has 1 N–H and O–H groups in total. The van der Waals surface area contributed by atoms with E-state index in [2.05, 4.69) is 5.32 Å². The van der Waals surface area contributed by atoms with Crippen molar-refractivity contribution in [3.8, 4) is 0 Å². The highest BCUT2D eigenvalue weighted by atomic mass is 35.5. The highest BCUT2D eigenvalue weighted by Gasteiger charge is 2.26. The van der Waals surface area contributed by atoms with Crippen LogP contribution in [0.5, 0.6) is 0 Å². The van der Waals surface area contributed by atoms with E-state index in [9.17, 15) is 9.59 Å². The Morgan fingerprint density at radius 1 is 1.00 bits per heavy atom. The number of carbonyl (C=O) groups is 2. The Bertz CT molecular complexity index is 825. The molecule has 150 valence electrons. The largest absolute Gasteiger partial charge is 0.354 e. The summed E-state index contributed by atoms with van der Waals surface area (Å²) in [5.74, 6) is -0.348. The maximum atomic E-state index is 13.0. The van der Waals surface area contributed by atoms with Crippen LogP contribution in [0.25, 0.3) is 0 Å². The maximum absolute atomic E-state index is 13.0. The van der Waals surface area contributed by atoms with Gasteiger partial charge in [0.25, 0.3) is 0 Å². The predicted octanol–water partition coefficient (Wildman–Crippen LogP) is 5.13. The van der Waals surface area contributed by atoms with Crippen molar-refractivity contribution in [2.45, 2.75) is 39.3 Å². The van der Waals surface area contributed by atoms with Gasteiger partial charge >= 0.3 is 0 Å². The molecule has 0 aliphatic carbocycles. The summed E-state index contributed by atoms with van der Waals surface area (Å²) in [6.07, 6.45) is 0.994. The normalized spacial score (nSPS) is 11.8. The van der Waals surface area contributed by atoms with E-state index in [1.165, 1.54) is 0 Å². The van der Waals surface area contributed by atoms with Gasteiger partial charge in [0.15, 0.2) is 0 Å². The van der Waals surface area contributed by atoms with E-state index in [4.69, 9.17) is 34.8 Å². The van der Waals surface area contributed by atoms with Crippen LogP contribution in [0.4, 0.5) is 0 Å². The lowest BCUT2D eigenvalue weighted by molar-refractivity contribution is -0.140. The third-order valence-electron chi connectivity index (χ3n) is 4.32. The predicted molar refractivity (Wildman–Crippen MR) is 115 cm³/mol. The van der Waals surface area contributed by atoms with Crippen LogP contribution in [0.2, 0.25) is 15.1 Å². The fourth-order valence-electron chi connectivity index (χ4n) is 2.69. The molecule has 0 aliphatic heterocycles. The number of benzene rings is 2. The fraction of sp³-hybridized carbons (Fsp3) is 0.333. The quantitative estimate of drug-likeness (QED) is 0.617. The second kappa shape index (κ2) is 10.7. The van der Waals surface area contributed by atoms with Crippen LogP contribution in [-0.4, -0.2) is 29.3 Å². The summed E-state index contributed by atoms with van der Waals surface area (Å²) in [5, 5.41) is 4.31. The molecule has 28 heavy (non-hydrogen) atoms. The van der Waals surface area contributed by atoms with Gasteiger partial charge < -0.3 is 10.2 Å². The van der Waals surface area contributed by atoms with Gasteiger partial charge in [-0.2, -0.15) is 0 Å². The van der Waals surface area contributed by atoms with E-state index in [1.807, 2.05) is 6.92 Å². The van der Waals surface area contributed by atoms with Crippen LogP contribution < -0.4 is 5.32 Å². The summed E-state index contributed by atoms with van der Waals surface area (Å²) in [7, 11) is 0. The topological polar surface area (TPSA) is 49.4 Å². The van der Waals surface area contributed by atoms with Crippen molar-refractivity contribution in [3.05, 3.63) is 68.7 Å². The summed E-state index contributed by atoms with van der Waals surface area (Å²) in [5.41, 5.74) is 1.63. The first-order valence-corrected chi connectivity index (χ1v) is 10.2. The molecule has 0 spiro atoms. The van der Waals surface area contributed by atoms with Gasteiger partial charge in [0, 0.05) is 18.1 Å². The molecule has 2 aromatic rings. The first-order valence-electron chi connectivity index (χ1n) is 9.07.